The second-order valence-corrected chi connectivity index (χ2v) is 4.69. The monoisotopic (exact) mass is 248 g/mol. The van der Waals surface area contributed by atoms with Crippen LogP contribution in [0.15, 0.2) is 24.3 Å². The van der Waals surface area contributed by atoms with Gasteiger partial charge in [-0.05, 0) is 31.9 Å². The SMILES string of the molecule is CCCN(CCCN)C(=O)Cc1ccc(C)cc1. The van der Waals surface area contributed by atoms with Gasteiger partial charge in [-0.15, -0.1) is 0 Å². The van der Waals surface area contributed by atoms with E-state index in [1.54, 1.807) is 0 Å². The van der Waals surface area contributed by atoms with Crippen molar-refractivity contribution in [3.8, 4) is 0 Å². The Labute approximate surface area is 110 Å². The molecule has 1 amide bonds. The Morgan fingerprint density at radius 2 is 1.89 bits per heavy atom. The van der Waals surface area contributed by atoms with E-state index in [4.69, 9.17) is 5.73 Å². The molecule has 0 unspecified atom stereocenters. The molecule has 0 aliphatic carbocycles. The Morgan fingerprint density at radius 1 is 1.22 bits per heavy atom. The Bertz CT molecular complexity index is 359. The lowest BCUT2D eigenvalue weighted by molar-refractivity contribution is -0.130. The maximum atomic E-state index is 12.2. The van der Waals surface area contributed by atoms with Crippen LogP contribution in [0.5, 0.6) is 0 Å². The maximum absolute atomic E-state index is 12.2. The summed E-state index contributed by atoms with van der Waals surface area (Å²) in [5.74, 6) is 0.203. The first-order valence-electron chi connectivity index (χ1n) is 6.70. The minimum atomic E-state index is 0.203. The summed E-state index contributed by atoms with van der Waals surface area (Å²) in [5.41, 5.74) is 7.81. The molecule has 0 saturated heterocycles. The van der Waals surface area contributed by atoms with Gasteiger partial charge in [0.05, 0.1) is 6.42 Å². The Hall–Kier alpha value is -1.35. The topological polar surface area (TPSA) is 46.3 Å². The fourth-order valence-corrected chi connectivity index (χ4v) is 1.91. The number of hydrogen-bond acceptors (Lipinski definition) is 2. The number of aryl methyl sites for hydroxylation is 1. The predicted octanol–water partition coefficient (Wildman–Crippen LogP) is 2.12. The number of amides is 1. The van der Waals surface area contributed by atoms with Crippen molar-refractivity contribution in [1.29, 1.82) is 0 Å². The van der Waals surface area contributed by atoms with Gasteiger partial charge in [0.15, 0.2) is 0 Å². The lowest BCUT2D eigenvalue weighted by Gasteiger charge is -2.22. The van der Waals surface area contributed by atoms with Crippen molar-refractivity contribution in [2.45, 2.75) is 33.1 Å². The average molecular weight is 248 g/mol. The molecule has 0 aromatic heterocycles. The van der Waals surface area contributed by atoms with Crippen molar-refractivity contribution in [3.05, 3.63) is 35.4 Å². The summed E-state index contributed by atoms with van der Waals surface area (Å²) in [5, 5.41) is 0. The van der Waals surface area contributed by atoms with E-state index < -0.39 is 0 Å². The average Bonchev–Trinajstić information content (AvgIpc) is 2.37. The molecular weight excluding hydrogens is 224 g/mol. The van der Waals surface area contributed by atoms with E-state index in [1.165, 1.54) is 5.56 Å². The molecule has 3 nitrogen and oxygen atoms in total. The molecule has 1 rings (SSSR count). The second-order valence-electron chi connectivity index (χ2n) is 4.69. The van der Waals surface area contributed by atoms with Crippen molar-refractivity contribution >= 4 is 5.91 Å². The number of carbonyl (C=O) groups excluding carboxylic acids is 1. The summed E-state index contributed by atoms with van der Waals surface area (Å²) >= 11 is 0. The fourth-order valence-electron chi connectivity index (χ4n) is 1.91. The van der Waals surface area contributed by atoms with Crippen LogP contribution in [0.2, 0.25) is 0 Å². The van der Waals surface area contributed by atoms with Gasteiger partial charge in [-0.2, -0.15) is 0 Å². The number of nitrogens with zero attached hydrogens (tertiary/aromatic N) is 1. The predicted molar refractivity (Wildman–Crippen MR) is 75.4 cm³/mol. The number of hydrogen-bond donors (Lipinski definition) is 1. The third-order valence-electron chi connectivity index (χ3n) is 2.95. The van der Waals surface area contributed by atoms with Crippen LogP contribution in [0, 0.1) is 6.92 Å². The van der Waals surface area contributed by atoms with Crippen LogP contribution in [0.25, 0.3) is 0 Å². The molecular formula is C15H24N2O. The molecule has 1 aromatic rings. The number of carbonyl (C=O) groups is 1. The molecule has 1 aromatic carbocycles. The van der Waals surface area contributed by atoms with E-state index in [0.717, 1.165) is 31.5 Å². The van der Waals surface area contributed by atoms with E-state index in [9.17, 15) is 4.79 Å². The molecule has 0 saturated carbocycles. The van der Waals surface area contributed by atoms with Crippen LogP contribution in [-0.4, -0.2) is 30.4 Å². The van der Waals surface area contributed by atoms with Gasteiger partial charge in [0.1, 0.15) is 0 Å². The van der Waals surface area contributed by atoms with Crippen LogP contribution >= 0.6 is 0 Å². The summed E-state index contributed by atoms with van der Waals surface area (Å²) in [6.07, 6.45) is 2.36. The lowest BCUT2D eigenvalue weighted by Crippen LogP contribution is -2.34. The molecule has 0 aliphatic rings. The Balaban J connectivity index is 2.57. The smallest absolute Gasteiger partial charge is 0.226 e. The first-order valence-corrected chi connectivity index (χ1v) is 6.70. The van der Waals surface area contributed by atoms with Crippen LogP contribution in [0.1, 0.15) is 30.9 Å². The van der Waals surface area contributed by atoms with Crippen LogP contribution in [0.4, 0.5) is 0 Å². The molecule has 3 heteroatoms. The lowest BCUT2D eigenvalue weighted by atomic mass is 10.1. The van der Waals surface area contributed by atoms with Gasteiger partial charge in [0.2, 0.25) is 5.91 Å². The van der Waals surface area contributed by atoms with E-state index in [0.29, 0.717) is 13.0 Å². The highest BCUT2D eigenvalue weighted by Crippen LogP contribution is 2.06. The third-order valence-corrected chi connectivity index (χ3v) is 2.95. The molecule has 0 heterocycles. The number of benzene rings is 1. The van der Waals surface area contributed by atoms with Crippen molar-refractivity contribution in [2.75, 3.05) is 19.6 Å². The molecule has 0 radical (unpaired) electrons. The zero-order chi connectivity index (χ0) is 13.4. The Kier molecular flexibility index (Phi) is 6.44. The summed E-state index contributed by atoms with van der Waals surface area (Å²) < 4.78 is 0. The van der Waals surface area contributed by atoms with Gasteiger partial charge >= 0.3 is 0 Å². The molecule has 0 spiro atoms. The van der Waals surface area contributed by atoms with Gasteiger partial charge in [0.25, 0.3) is 0 Å². The first-order chi connectivity index (χ1) is 8.67. The minimum Gasteiger partial charge on any atom is -0.342 e. The van der Waals surface area contributed by atoms with Gasteiger partial charge in [0, 0.05) is 13.1 Å². The van der Waals surface area contributed by atoms with Crippen LogP contribution in [-0.2, 0) is 11.2 Å². The van der Waals surface area contributed by atoms with Crippen molar-refractivity contribution in [3.63, 3.8) is 0 Å². The summed E-state index contributed by atoms with van der Waals surface area (Å²) in [6.45, 7) is 6.38. The van der Waals surface area contributed by atoms with Gasteiger partial charge < -0.3 is 10.6 Å². The summed E-state index contributed by atoms with van der Waals surface area (Å²) in [7, 11) is 0. The highest BCUT2D eigenvalue weighted by molar-refractivity contribution is 5.78. The standard InChI is InChI=1S/C15H24N2O/c1-3-10-17(11-4-9-16)15(18)12-14-7-5-13(2)6-8-14/h5-8H,3-4,9-12,16H2,1-2H3. The van der Waals surface area contributed by atoms with Gasteiger partial charge in [-0.1, -0.05) is 36.8 Å². The normalized spacial score (nSPS) is 10.4. The quantitative estimate of drug-likeness (QED) is 0.803. The molecule has 2 N–H and O–H groups in total. The highest BCUT2D eigenvalue weighted by Gasteiger charge is 2.12. The first kappa shape index (κ1) is 14.7. The van der Waals surface area contributed by atoms with E-state index in [-0.39, 0.29) is 5.91 Å². The van der Waals surface area contributed by atoms with E-state index >= 15 is 0 Å². The molecule has 0 bridgehead atoms. The van der Waals surface area contributed by atoms with E-state index in [1.807, 2.05) is 29.2 Å². The van der Waals surface area contributed by atoms with Crippen molar-refractivity contribution in [1.82, 2.24) is 4.90 Å². The number of nitrogens with two attached hydrogens (primary N) is 1. The molecule has 18 heavy (non-hydrogen) atoms. The van der Waals surface area contributed by atoms with Crippen molar-refractivity contribution < 1.29 is 4.79 Å². The zero-order valence-electron chi connectivity index (χ0n) is 11.5. The highest BCUT2D eigenvalue weighted by atomic mass is 16.2. The second kappa shape index (κ2) is 7.88. The Morgan fingerprint density at radius 3 is 2.44 bits per heavy atom. The van der Waals surface area contributed by atoms with Crippen LogP contribution in [0.3, 0.4) is 0 Å². The molecule has 0 fully saturated rings. The van der Waals surface area contributed by atoms with E-state index in [2.05, 4.69) is 13.8 Å². The summed E-state index contributed by atoms with van der Waals surface area (Å²) in [4.78, 5) is 14.1. The van der Waals surface area contributed by atoms with Gasteiger partial charge in [-0.3, -0.25) is 4.79 Å². The zero-order valence-corrected chi connectivity index (χ0v) is 11.5. The maximum Gasteiger partial charge on any atom is 0.226 e. The molecule has 0 atom stereocenters. The van der Waals surface area contributed by atoms with Crippen molar-refractivity contribution in [2.24, 2.45) is 5.73 Å². The fraction of sp³-hybridized carbons (Fsp3) is 0.533. The van der Waals surface area contributed by atoms with Gasteiger partial charge in [-0.25, -0.2) is 0 Å². The third kappa shape index (κ3) is 4.88. The number of rotatable bonds is 7. The largest absolute Gasteiger partial charge is 0.342 e. The summed E-state index contributed by atoms with van der Waals surface area (Å²) in [6, 6.07) is 8.15. The minimum absolute atomic E-state index is 0.203. The molecule has 0 aliphatic heterocycles. The van der Waals surface area contributed by atoms with Crippen LogP contribution < -0.4 is 5.73 Å². The molecule has 100 valence electrons.